The number of benzene rings is 1. The van der Waals surface area contributed by atoms with Crippen molar-refractivity contribution in [2.24, 2.45) is 5.73 Å². The van der Waals surface area contributed by atoms with Crippen molar-refractivity contribution in [3.05, 3.63) is 18.0 Å². The summed E-state index contributed by atoms with van der Waals surface area (Å²) in [7, 11) is 0. The van der Waals surface area contributed by atoms with Gasteiger partial charge in [0.05, 0.1) is 11.0 Å². The van der Waals surface area contributed by atoms with Crippen LogP contribution in [-0.2, 0) is 5.41 Å². The Morgan fingerprint density at radius 1 is 1.22 bits per heavy atom. The molecule has 2 heterocycles. The molecule has 0 amide bonds. The minimum absolute atomic E-state index is 0.0846. The summed E-state index contributed by atoms with van der Waals surface area (Å²) in [4.78, 5) is 8.03. The third-order valence-electron chi connectivity index (χ3n) is 3.89. The quantitative estimate of drug-likeness (QED) is 0.837. The fraction of sp³-hybridized carbons (Fsp3) is 0.462. The molecule has 3 N–H and O–H groups in total. The van der Waals surface area contributed by atoms with Gasteiger partial charge in [-0.1, -0.05) is 0 Å². The SMILES string of the molecule is NCC1(c2nc3cc4c(cc3[nH]2)OCCO4)CC1. The Labute approximate surface area is 104 Å². The molecule has 0 spiro atoms. The zero-order valence-corrected chi connectivity index (χ0v) is 10.0. The second-order valence-corrected chi connectivity index (χ2v) is 5.08. The van der Waals surface area contributed by atoms with E-state index in [0.717, 1.165) is 41.2 Å². The number of rotatable bonds is 2. The Balaban J connectivity index is 1.85. The van der Waals surface area contributed by atoms with Gasteiger partial charge in [0.1, 0.15) is 19.0 Å². The van der Waals surface area contributed by atoms with E-state index < -0.39 is 0 Å². The molecule has 0 bridgehead atoms. The number of H-pyrrole nitrogens is 1. The molecule has 1 aromatic carbocycles. The summed E-state index contributed by atoms with van der Waals surface area (Å²) in [6, 6.07) is 3.91. The maximum absolute atomic E-state index is 5.84. The summed E-state index contributed by atoms with van der Waals surface area (Å²) in [5.74, 6) is 2.58. The number of aromatic nitrogens is 2. The van der Waals surface area contributed by atoms with Crippen LogP contribution in [0.15, 0.2) is 12.1 Å². The van der Waals surface area contributed by atoms with E-state index >= 15 is 0 Å². The molecule has 0 radical (unpaired) electrons. The van der Waals surface area contributed by atoms with Crippen molar-refractivity contribution < 1.29 is 9.47 Å². The standard InChI is InChI=1S/C13H15N3O2/c14-7-13(1-2-13)12-15-8-5-10-11(6-9(8)16-12)18-4-3-17-10/h5-6H,1-4,7,14H2,(H,15,16). The topological polar surface area (TPSA) is 73.2 Å². The summed E-state index contributed by atoms with van der Waals surface area (Å²) >= 11 is 0. The number of fused-ring (bicyclic) bond motifs is 2. The van der Waals surface area contributed by atoms with Crippen molar-refractivity contribution in [3.8, 4) is 11.5 Å². The van der Waals surface area contributed by atoms with Crippen molar-refractivity contribution in [2.75, 3.05) is 19.8 Å². The van der Waals surface area contributed by atoms with Crippen molar-refractivity contribution in [1.29, 1.82) is 0 Å². The van der Waals surface area contributed by atoms with Crippen molar-refractivity contribution in [2.45, 2.75) is 18.3 Å². The monoisotopic (exact) mass is 245 g/mol. The van der Waals surface area contributed by atoms with E-state index in [-0.39, 0.29) is 5.41 Å². The van der Waals surface area contributed by atoms with Crippen LogP contribution >= 0.6 is 0 Å². The molecular weight excluding hydrogens is 230 g/mol. The van der Waals surface area contributed by atoms with Crippen LogP contribution in [0.5, 0.6) is 11.5 Å². The number of ether oxygens (including phenoxy) is 2. The lowest BCUT2D eigenvalue weighted by molar-refractivity contribution is 0.172. The third-order valence-corrected chi connectivity index (χ3v) is 3.89. The molecule has 4 rings (SSSR count). The van der Waals surface area contributed by atoms with Crippen LogP contribution in [0.4, 0.5) is 0 Å². The minimum atomic E-state index is 0.0846. The first-order valence-corrected chi connectivity index (χ1v) is 6.31. The molecule has 0 saturated heterocycles. The number of nitrogens with one attached hydrogen (secondary N) is 1. The molecule has 1 aliphatic carbocycles. The molecule has 5 heteroatoms. The van der Waals surface area contributed by atoms with Gasteiger partial charge < -0.3 is 20.2 Å². The third kappa shape index (κ3) is 1.34. The second-order valence-electron chi connectivity index (χ2n) is 5.08. The van der Waals surface area contributed by atoms with Crippen molar-refractivity contribution >= 4 is 11.0 Å². The fourth-order valence-corrected chi connectivity index (χ4v) is 2.49. The Bertz CT molecular complexity index is 573. The zero-order valence-electron chi connectivity index (χ0n) is 10.0. The van der Waals surface area contributed by atoms with E-state index in [2.05, 4.69) is 9.97 Å². The smallest absolute Gasteiger partial charge is 0.163 e. The summed E-state index contributed by atoms with van der Waals surface area (Å²) in [5.41, 5.74) is 7.84. The van der Waals surface area contributed by atoms with E-state index in [4.69, 9.17) is 15.2 Å². The molecule has 0 unspecified atom stereocenters. The van der Waals surface area contributed by atoms with E-state index in [1.54, 1.807) is 0 Å². The highest BCUT2D eigenvalue weighted by atomic mass is 16.6. The van der Waals surface area contributed by atoms with E-state index in [9.17, 15) is 0 Å². The molecule has 5 nitrogen and oxygen atoms in total. The van der Waals surface area contributed by atoms with Gasteiger partial charge in [-0.25, -0.2) is 4.98 Å². The Morgan fingerprint density at radius 2 is 1.94 bits per heavy atom. The van der Waals surface area contributed by atoms with Gasteiger partial charge in [-0.3, -0.25) is 0 Å². The Hall–Kier alpha value is -1.75. The number of aromatic amines is 1. The van der Waals surface area contributed by atoms with Gasteiger partial charge in [0.2, 0.25) is 0 Å². The fourth-order valence-electron chi connectivity index (χ4n) is 2.49. The summed E-state index contributed by atoms with van der Waals surface area (Å²) in [6.07, 6.45) is 2.24. The Kier molecular flexibility index (Phi) is 1.92. The van der Waals surface area contributed by atoms with Crippen LogP contribution in [0.1, 0.15) is 18.7 Å². The lowest BCUT2D eigenvalue weighted by Crippen LogP contribution is -2.20. The van der Waals surface area contributed by atoms with Gasteiger partial charge in [0, 0.05) is 24.1 Å². The predicted molar refractivity (Wildman–Crippen MR) is 67.1 cm³/mol. The number of nitrogens with zero attached hydrogens (tertiary/aromatic N) is 1. The van der Waals surface area contributed by atoms with E-state index in [0.29, 0.717) is 19.8 Å². The number of imidazole rings is 1. The summed E-state index contributed by atoms with van der Waals surface area (Å²) in [6.45, 7) is 1.86. The molecular formula is C13H15N3O2. The van der Waals surface area contributed by atoms with Crippen LogP contribution in [0.3, 0.4) is 0 Å². The van der Waals surface area contributed by atoms with Gasteiger partial charge in [-0.2, -0.15) is 0 Å². The van der Waals surface area contributed by atoms with E-state index in [1.807, 2.05) is 12.1 Å². The highest BCUT2D eigenvalue weighted by Gasteiger charge is 2.45. The first-order chi connectivity index (χ1) is 8.81. The van der Waals surface area contributed by atoms with Crippen molar-refractivity contribution in [1.82, 2.24) is 9.97 Å². The van der Waals surface area contributed by atoms with Gasteiger partial charge in [0.25, 0.3) is 0 Å². The van der Waals surface area contributed by atoms with Gasteiger partial charge in [-0.05, 0) is 12.8 Å². The maximum atomic E-state index is 5.84. The molecule has 94 valence electrons. The van der Waals surface area contributed by atoms with Gasteiger partial charge in [-0.15, -0.1) is 0 Å². The largest absolute Gasteiger partial charge is 0.486 e. The molecule has 18 heavy (non-hydrogen) atoms. The van der Waals surface area contributed by atoms with Crippen LogP contribution in [-0.4, -0.2) is 29.7 Å². The normalized spacial score (nSPS) is 20.1. The predicted octanol–water partition coefficient (Wildman–Crippen LogP) is 1.32. The maximum Gasteiger partial charge on any atom is 0.163 e. The van der Waals surface area contributed by atoms with Gasteiger partial charge >= 0.3 is 0 Å². The average molecular weight is 245 g/mol. The van der Waals surface area contributed by atoms with Gasteiger partial charge in [0.15, 0.2) is 11.5 Å². The summed E-state index contributed by atoms with van der Waals surface area (Å²) < 4.78 is 11.1. The first kappa shape index (κ1) is 10.2. The number of nitrogens with two attached hydrogens (primary N) is 1. The van der Waals surface area contributed by atoms with Crippen LogP contribution in [0, 0.1) is 0 Å². The average Bonchev–Trinajstić information content (AvgIpc) is 3.10. The second kappa shape index (κ2) is 3.38. The molecule has 1 saturated carbocycles. The number of hydrogen-bond donors (Lipinski definition) is 2. The zero-order chi connectivity index (χ0) is 12.2. The van der Waals surface area contributed by atoms with Crippen molar-refractivity contribution in [3.63, 3.8) is 0 Å². The van der Waals surface area contributed by atoms with Crippen LogP contribution < -0.4 is 15.2 Å². The lowest BCUT2D eigenvalue weighted by atomic mass is 10.1. The molecule has 1 aromatic heterocycles. The highest BCUT2D eigenvalue weighted by molar-refractivity contribution is 5.80. The molecule has 0 atom stereocenters. The summed E-state index contributed by atoms with van der Waals surface area (Å²) in [5, 5.41) is 0. The Morgan fingerprint density at radius 3 is 2.61 bits per heavy atom. The molecule has 2 aromatic rings. The molecule has 1 fully saturated rings. The van der Waals surface area contributed by atoms with Crippen LogP contribution in [0.25, 0.3) is 11.0 Å². The van der Waals surface area contributed by atoms with Crippen LogP contribution in [0.2, 0.25) is 0 Å². The minimum Gasteiger partial charge on any atom is -0.486 e. The van der Waals surface area contributed by atoms with E-state index in [1.165, 1.54) is 0 Å². The highest BCUT2D eigenvalue weighted by Crippen LogP contribution is 2.46. The first-order valence-electron chi connectivity index (χ1n) is 6.31. The molecule has 2 aliphatic rings. The molecule has 1 aliphatic heterocycles. The lowest BCUT2D eigenvalue weighted by Gasteiger charge is -2.17. The number of hydrogen-bond acceptors (Lipinski definition) is 4.